The average Bonchev–Trinajstić information content (AvgIpc) is 2.83. The number of ether oxygens (including phenoxy) is 1. The van der Waals surface area contributed by atoms with Gasteiger partial charge in [-0.05, 0) is 43.0 Å². The van der Waals surface area contributed by atoms with Crippen molar-refractivity contribution in [3.8, 4) is 5.75 Å². The van der Waals surface area contributed by atoms with Crippen molar-refractivity contribution in [1.29, 1.82) is 0 Å². The molecular weight excluding hydrogens is 244 g/mol. The Morgan fingerprint density at radius 3 is 2.78 bits per heavy atom. The maximum absolute atomic E-state index is 11.6. The second-order valence-corrected chi connectivity index (χ2v) is 5.02. The number of rotatable bonds is 3. The lowest BCUT2D eigenvalue weighted by atomic mass is 10.1. The number of esters is 1. The van der Waals surface area contributed by atoms with E-state index in [1.54, 1.807) is 17.4 Å². The molecule has 0 atom stereocenters. The lowest BCUT2D eigenvalue weighted by Gasteiger charge is -2.05. The molecule has 0 aliphatic rings. The Hall–Kier alpha value is -1.87. The van der Waals surface area contributed by atoms with Crippen LogP contribution in [0.5, 0.6) is 5.75 Å². The number of benzene rings is 1. The van der Waals surface area contributed by atoms with Crippen molar-refractivity contribution in [3.63, 3.8) is 0 Å². The first kappa shape index (κ1) is 12.6. The van der Waals surface area contributed by atoms with Crippen LogP contribution in [0, 0.1) is 13.8 Å². The maximum atomic E-state index is 11.6. The van der Waals surface area contributed by atoms with Crippen LogP contribution in [0.15, 0.2) is 41.8 Å². The largest absolute Gasteiger partial charge is 0.423 e. The summed E-state index contributed by atoms with van der Waals surface area (Å²) in [5, 5.41) is 1.97. The molecule has 1 heterocycles. The first-order valence-electron chi connectivity index (χ1n) is 5.66. The Bertz CT molecular complexity index is 568. The van der Waals surface area contributed by atoms with Crippen LogP contribution < -0.4 is 4.74 Å². The van der Waals surface area contributed by atoms with Crippen molar-refractivity contribution in [3.05, 3.63) is 57.8 Å². The molecule has 0 saturated carbocycles. The van der Waals surface area contributed by atoms with Crippen molar-refractivity contribution in [2.75, 3.05) is 0 Å². The molecule has 0 radical (unpaired) electrons. The van der Waals surface area contributed by atoms with Crippen LogP contribution in [-0.4, -0.2) is 5.97 Å². The Kier molecular flexibility index (Phi) is 3.95. The molecule has 0 amide bonds. The van der Waals surface area contributed by atoms with E-state index < -0.39 is 0 Å². The van der Waals surface area contributed by atoms with Crippen LogP contribution in [0.4, 0.5) is 0 Å². The Morgan fingerprint density at radius 2 is 2.11 bits per heavy atom. The van der Waals surface area contributed by atoms with Crippen molar-refractivity contribution in [2.45, 2.75) is 13.8 Å². The third kappa shape index (κ3) is 3.31. The number of aryl methyl sites for hydroxylation is 2. The minimum Gasteiger partial charge on any atom is -0.423 e. The minimum absolute atomic E-state index is 0.352. The summed E-state index contributed by atoms with van der Waals surface area (Å²) in [5.74, 6) is 0.261. The minimum atomic E-state index is -0.352. The van der Waals surface area contributed by atoms with Gasteiger partial charge in [0.2, 0.25) is 0 Å². The summed E-state index contributed by atoms with van der Waals surface area (Å²) in [7, 11) is 0. The molecule has 0 aliphatic heterocycles. The Morgan fingerprint density at radius 1 is 1.28 bits per heavy atom. The van der Waals surface area contributed by atoms with Crippen LogP contribution in [0.25, 0.3) is 6.08 Å². The third-order valence-electron chi connectivity index (χ3n) is 2.47. The van der Waals surface area contributed by atoms with Gasteiger partial charge >= 0.3 is 5.97 Å². The third-order valence-corrected chi connectivity index (χ3v) is 3.31. The monoisotopic (exact) mass is 258 g/mol. The molecule has 1 aromatic carbocycles. The Balaban J connectivity index is 2.03. The first-order valence-corrected chi connectivity index (χ1v) is 6.54. The summed E-state index contributed by atoms with van der Waals surface area (Å²) in [6.07, 6.45) is 3.21. The maximum Gasteiger partial charge on any atom is 0.336 e. The van der Waals surface area contributed by atoms with Gasteiger partial charge in [-0.25, -0.2) is 4.79 Å². The molecule has 0 fully saturated rings. The van der Waals surface area contributed by atoms with Gasteiger partial charge in [-0.3, -0.25) is 0 Å². The van der Waals surface area contributed by atoms with E-state index in [0.29, 0.717) is 5.75 Å². The van der Waals surface area contributed by atoms with Crippen molar-refractivity contribution < 1.29 is 9.53 Å². The van der Waals surface area contributed by atoms with Crippen molar-refractivity contribution >= 4 is 23.4 Å². The van der Waals surface area contributed by atoms with Gasteiger partial charge in [-0.2, -0.15) is 0 Å². The van der Waals surface area contributed by atoms with Gasteiger partial charge in [0.25, 0.3) is 0 Å². The fraction of sp³-hybridized carbons (Fsp3) is 0.133. The molecule has 3 heteroatoms. The number of carbonyl (C=O) groups excluding carboxylic acids is 1. The second-order valence-electron chi connectivity index (χ2n) is 4.04. The van der Waals surface area contributed by atoms with Crippen molar-refractivity contribution in [2.24, 2.45) is 0 Å². The van der Waals surface area contributed by atoms with E-state index in [9.17, 15) is 4.79 Å². The number of hydrogen-bond acceptors (Lipinski definition) is 3. The van der Waals surface area contributed by atoms with Gasteiger partial charge in [0.15, 0.2) is 0 Å². The fourth-order valence-electron chi connectivity index (χ4n) is 1.59. The molecular formula is C15H14O2S. The summed E-state index contributed by atoms with van der Waals surface area (Å²) < 4.78 is 5.28. The molecule has 2 rings (SSSR count). The molecule has 92 valence electrons. The smallest absolute Gasteiger partial charge is 0.336 e. The molecule has 2 aromatic rings. The zero-order chi connectivity index (χ0) is 13.0. The van der Waals surface area contributed by atoms with E-state index in [2.05, 4.69) is 0 Å². The summed E-state index contributed by atoms with van der Waals surface area (Å²) in [4.78, 5) is 12.7. The van der Waals surface area contributed by atoms with Crippen LogP contribution >= 0.6 is 11.3 Å². The summed E-state index contributed by atoms with van der Waals surface area (Å²) in [6.45, 7) is 3.94. The fourth-order valence-corrected chi connectivity index (χ4v) is 2.21. The zero-order valence-electron chi connectivity index (χ0n) is 10.3. The lowest BCUT2D eigenvalue weighted by molar-refractivity contribution is -0.128. The number of hydrogen-bond donors (Lipinski definition) is 0. The normalized spacial score (nSPS) is 10.8. The van der Waals surface area contributed by atoms with E-state index in [0.717, 1.165) is 16.0 Å². The van der Waals surface area contributed by atoms with Gasteiger partial charge in [-0.1, -0.05) is 23.8 Å². The van der Waals surface area contributed by atoms with E-state index in [-0.39, 0.29) is 5.97 Å². The van der Waals surface area contributed by atoms with Crippen LogP contribution in [0.3, 0.4) is 0 Å². The van der Waals surface area contributed by atoms with Gasteiger partial charge in [0.1, 0.15) is 5.75 Å². The van der Waals surface area contributed by atoms with Crippen LogP contribution in [0.2, 0.25) is 0 Å². The van der Waals surface area contributed by atoms with Crippen LogP contribution in [0.1, 0.15) is 16.0 Å². The molecule has 0 bridgehead atoms. The molecule has 1 aromatic heterocycles. The SMILES string of the molecule is Cc1ccc(OC(=O)C=Cc2cccs2)c(C)c1. The summed E-state index contributed by atoms with van der Waals surface area (Å²) >= 11 is 1.58. The topological polar surface area (TPSA) is 26.3 Å². The van der Waals surface area contributed by atoms with E-state index in [1.165, 1.54) is 6.08 Å². The molecule has 0 spiro atoms. The molecule has 0 unspecified atom stereocenters. The molecule has 0 aliphatic carbocycles. The highest BCUT2D eigenvalue weighted by molar-refractivity contribution is 7.10. The van der Waals surface area contributed by atoms with Crippen LogP contribution in [-0.2, 0) is 4.79 Å². The van der Waals surface area contributed by atoms with E-state index in [1.807, 2.05) is 49.6 Å². The highest BCUT2D eigenvalue weighted by Crippen LogP contribution is 2.19. The lowest BCUT2D eigenvalue weighted by Crippen LogP contribution is -2.04. The predicted molar refractivity (Wildman–Crippen MR) is 74.9 cm³/mol. The molecule has 2 nitrogen and oxygen atoms in total. The van der Waals surface area contributed by atoms with Gasteiger partial charge < -0.3 is 4.74 Å². The second kappa shape index (κ2) is 5.65. The van der Waals surface area contributed by atoms with E-state index >= 15 is 0 Å². The zero-order valence-corrected chi connectivity index (χ0v) is 11.2. The van der Waals surface area contributed by atoms with Gasteiger partial charge in [0, 0.05) is 11.0 Å². The predicted octanol–water partition coefficient (Wildman–Crippen LogP) is 3.98. The first-order chi connectivity index (χ1) is 8.65. The summed E-state index contributed by atoms with van der Waals surface area (Å²) in [6, 6.07) is 9.64. The molecule has 18 heavy (non-hydrogen) atoms. The summed E-state index contributed by atoms with van der Waals surface area (Å²) in [5.41, 5.74) is 2.12. The number of thiophene rings is 1. The Labute approximate surface area is 111 Å². The molecule has 0 saturated heterocycles. The average molecular weight is 258 g/mol. The number of carbonyl (C=O) groups is 1. The highest BCUT2D eigenvalue weighted by Gasteiger charge is 2.04. The molecule has 0 N–H and O–H groups in total. The highest BCUT2D eigenvalue weighted by atomic mass is 32.1. The van der Waals surface area contributed by atoms with Crippen molar-refractivity contribution in [1.82, 2.24) is 0 Å². The van der Waals surface area contributed by atoms with Gasteiger partial charge in [-0.15, -0.1) is 11.3 Å². The quantitative estimate of drug-likeness (QED) is 0.473. The van der Waals surface area contributed by atoms with Gasteiger partial charge in [0.05, 0.1) is 0 Å². The van der Waals surface area contributed by atoms with E-state index in [4.69, 9.17) is 4.74 Å². The standard InChI is InChI=1S/C15H14O2S/c1-11-5-7-14(12(2)10-11)17-15(16)8-6-13-4-3-9-18-13/h3-10H,1-2H3.